The summed E-state index contributed by atoms with van der Waals surface area (Å²) in [5.41, 5.74) is 5.97. The Morgan fingerprint density at radius 2 is 1.37 bits per heavy atom. The van der Waals surface area contributed by atoms with Crippen LogP contribution in [0.1, 0.15) is 0 Å². The molecule has 0 aliphatic rings. The van der Waals surface area contributed by atoms with Crippen LogP contribution in [0.2, 0.25) is 0 Å². The lowest BCUT2D eigenvalue weighted by molar-refractivity contribution is 1.16. The Morgan fingerprint density at radius 3 is 2.00 bits per heavy atom. The third kappa shape index (κ3) is 2.47. The minimum atomic E-state index is 0.636. The van der Waals surface area contributed by atoms with E-state index in [0.29, 0.717) is 5.69 Å². The van der Waals surface area contributed by atoms with Crippen LogP contribution in [-0.2, 0) is 0 Å². The van der Waals surface area contributed by atoms with Crippen molar-refractivity contribution >= 4 is 27.5 Å². The summed E-state index contributed by atoms with van der Waals surface area (Å²) in [5, 5.41) is 2.49. The van der Waals surface area contributed by atoms with Crippen molar-refractivity contribution in [3.63, 3.8) is 0 Å². The smallest absolute Gasteiger partial charge is 0.187 e. The standard InChI is InChI=1S/C24H15N3/c1-25-18-12-10-17(11-13-18)22-16-19(14-15-26-22)27-23-8-4-2-6-20(23)21-7-3-5-9-24(21)27/h2-16H. The van der Waals surface area contributed by atoms with Crippen molar-refractivity contribution in [1.29, 1.82) is 0 Å². The molecule has 2 heterocycles. The van der Waals surface area contributed by atoms with Crippen LogP contribution in [-0.4, -0.2) is 9.55 Å². The molecule has 126 valence electrons. The largest absolute Gasteiger partial charge is 0.309 e. The van der Waals surface area contributed by atoms with Gasteiger partial charge in [-0.3, -0.25) is 4.98 Å². The summed E-state index contributed by atoms with van der Waals surface area (Å²) < 4.78 is 2.28. The van der Waals surface area contributed by atoms with Crippen molar-refractivity contribution in [2.24, 2.45) is 0 Å². The molecule has 0 saturated carbocycles. The van der Waals surface area contributed by atoms with Gasteiger partial charge in [-0.2, -0.15) is 0 Å². The van der Waals surface area contributed by atoms with Gasteiger partial charge in [-0.25, -0.2) is 4.85 Å². The van der Waals surface area contributed by atoms with Gasteiger partial charge >= 0.3 is 0 Å². The average Bonchev–Trinajstić information content (AvgIpc) is 3.08. The molecule has 3 nitrogen and oxygen atoms in total. The minimum Gasteiger partial charge on any atom is -0.309 e. The van der Waals surface area contributed by atoms with Crippen LogP contribution in [0, 0.1) is 6.57 Å². The van der Waals surface area contributed by atoms with Crippen LogP contribution in [0.15, 0.2) is 91.1 Å². The van der Waals surface area contributed by atoms with Crippen molar-refractivity contribution in [2.45, 2.75) is 0 Å². The van der Waals surface area contributed by atoms with Crippen molar-refractivity contribution in [3.8, 4) is 16.9 Å². The third-order valence-corrected chi connectivity index (χ3v) is 4.87. The second kappa shape index (κ2) is 6.12. The molecule has 5 aromatic rings. The van der Waals surface area contributed by atoms with Gasteiger partial charge in [0.25, 0.3) is 0 Å². The van der Waals surface area contributed by atoms with Gasteiger partial charge in [0.15, 0.2) is 5.69 Å². The first-order chi connectivity index (χ1) is 13.3. The first-order valence-corrected chi connectivity index (χ1v) is 8.78. The average molecular weight is 345 g/mol. The Balaban J connectivity index is 1.74. The Bertz CT molecular complexity index is 1270. The number of rotatable bonds is 2. The van der Waals surface area contributed by atoms with E-state index in [2.05, 4.69) is 69.0 Å². The van der Waals surface area contributed by atoms with E-state index in [4.69, 9.17) is 6.57 Å². The van der Waals surface area contributed by atoms with E-state index in [-0.39, 0.29) is 0 Å². The van der Waals surface area contributed by atoms with E-state index in [1.54, 1.807) is 0 Å². The number of hydrogen-bond donors (Lipinski definition) is 0. The predicted molar refractivity (Wildman–Crippen MR) is 110 cm³/mol. The molecule has 0 amide bonds. The lowest BCUT2D eigenvalue weighted by atomic mass is 10.1. The maximum absolute atomic E-state index is 7.11. The van der Waals surface area contributed by atoms with E-state index in [0.717, 1.165) is 16.9 Å². The summed E-state index contributed by atoms with van der Waals surface area (Å²) in [4.78, 5) is 8.00. The van der Waals surface area contributed by atoms with E-state index in [1.165, 1.54) is 21.8 Å². The zero-order valence-corrected chi connectivity index (χ0v) is 14.5. The van der Waals surface area contributed by atoms with Crippen LogP contribution < -0.4 is 0 Å². The Kier molecular flexibility index (Phi) is 3.48. The van der Waals surface area contributed by atoms with Gasteiger partial charge in [0.05, 0.1) is 23.3 Å². The quantitative estimate of drug-likeness (QED) is 0.339. The maximum atomic E-state index is 7.11. The number of fused-ring (bicyclic) bond motifs is 3. The molecule has 0 aliphatic carbocycles. The van der Waals surface area contributed by atoms with Crippen molar-refractivity contribution in [3.05, 3.63) is 103 Å². The van der Waals surface area contributed by atoms with E-state index in [1.807, 2.05) is 36.5 Å². The number of pyridine rings is 1. The highest BCUT2D eigenvalue weighted by Gasteiger charge is 2.12. The highest BCUT2D eigenvalue weighted by atomic mass is 15.0. The molecular formula is C24H15N3. The molecular weight excluding hydrogens is 330 g/mol. The van der Waals surface area contributed by atoms with Gasteiger partial charge in [0, 0.05) is 22.7 Å². The molecule has 0 fully saturated rings. The molecule has 0 unspecified atom stereocenters. The Labute approximate surface area is 157 Å². The number of aromatic nitrogens is 2. The van der Waals surface area contributed by atoms with Gasteiger partial charge in [0.1, 0.15) is 0 Å². The van der Waals surface area contributed by atoms with Gasteiger partial charge in [-0.15, -0.1) is 0 Å². The highest BCUT2D eigenvalue weighted by Crippen LogP contribution is 2.32. The molecule has 0 saturated heterocycles. The zero-order chi connectivity index (χ0) is 18.2. The number of benzene rings is 3. The first-order valence-electron chi connectivity index (χ1n) is 8.78. The molecule has 27 heavy (non-hydrogen) atoms. The van der Waals surface area contributed by atoms with Gasteiger partial charge < -0.3 is 4.57 Å². The summed E-state index contributed by atoms with van der Waals surface area (Å²) in [6.45, 7) is 7.11. The highest BCUT2D eigenvalue weighted by molar-refractivity contribution is 6.09. The summed E-state index contributed by atoms with van der Waals surface area (Å²) in [6, 6.07) is 28.6. The van der Waals surface area contributed by atoms with Gasteiger partial charge in [0.2, 0.25) is 0 Å². The van der Waals surface area contributed by atoms with E-state index in [9.17, 15) is 0 Å². The van der Waals surface area contributed by atoms with Gasteiger partial charge in [-0.05, 0) is 29.8 Å². The monoisotopic (exact) mass is 345 g/mol. The Hall–Kier alpha value is -3.90. The third-order valence-electron chi connectivity index (χ3n) is 4.87. The van der Waals surface area contributed by atoms with Crippen molar-refractivity contribution in [2.75, 3.05) is 0 Å². The minimum absolute atomic E-state index is 0.636. The lowest BCUT2D eigenvalue weighted by Crippen LogP contribution is -1.95. The summed E-state index contributed by atoms with van der Waals surface area (Å²) in [6.07, 6.45) is 1.84. The molecule has 3 aromatic carbocycles. The summed E-state index contributed by atoms with van der Waals surface area (Å²) >= 11 is 0. The van der Waals surface area contributed by atoms with Crippen LogP contribution in [0.3, 0.4) is 0 Å². The van der Waals surface area contributed by atoms with Crippen LogP contribution in [0.25, 0.3) is 43.6 Å². The lowest BCUT2D eigenvalue weighted by Gasteiger charge is -2.09. The molecule has 0 radical (unpaired) electrons. The van der Waals surface area contributed by atoms with Gasteiger partial charge in [-0.1, -0.05) is 60.7 Å². The number of para-hydroxylation sites is 2. The molecule has 0 aliphatic heterocycles. The second-order valence-electron chi connectivity index (χ2n) is 6.43. The van der Waals surface area contributed by atoms with Crippen molar-refractivity contribution in [1.82, 2.24) is 9.55 Å². The SMILES string of the molecule is [C-]#[N+]c1ccc(-c2cc(-n3c4ccccc4c4ccccc43)ccn2)cc1. The summed E-state index contributed by atoms with van der Waals surface area (Å²) in [5.74, 6) is 0. The second-order valence-corrected chi connectivity index (χ2v) is 6.43. The van der Waals surface area contributed by atoms with E-state index < -0.39 is 0 Å². The topological polar surface area (TPSA) is 22.2 Å². The number of hydrogen-bond acceptors (Lipinski definition) is 1. The van der Waals surface area contributed by atoms with Crippen LogP contribution in [0.5, 0.6) is 0 Å². The molecule has 0 N–H and O–H groups in total. The molecule has 5 rings (SSSR count). The fourth-order valence-electron chi connectivity index (χ4n) is 3.62. The maximum Gasteiger partial charge on any atom is 0.187 e. The molecule has 0 atom stereocenters. The zero-order valence-electron chi connectivity index (χ0n) is 14.5. The molecule has 0 spiro atoms. The molecule has 0 bridgehead atoms. The summed E-state index contributed by atoms with van der Waals surface area (Å²) in [7, 11) is 0. The fourth-order valence-corrected chi connectivity index (χ4v) is 3.62. The fraction of sp³-hybridized carbons (Fsp3) is 0. The normalized spacial score (nSPS) is 10.9. The molecule has 2 aromatic heterocycles. The molecule has 3 heteroatoms. The Morgan fingerprint density at radius 1 is 0.741 bits per heavy atom. The number of nitrogens with zero attached hydrogens (tertiary/aromatic N) is 3. The van der Waals surface area contributed by atoms with E-state index >= 15 is 0 Å². The van der Waals surface area contributed by atoms with Crippen LogP contribution in [0.4, 0.5) is 5.69 Å². The predicted octanol–water partition coefficient (Wildman–Crippen LogP) is 6.40. The van der Waals surface area contributed by atoms with Crippen molar-refractivity contribution < 1.29 is 0 Å². The van der Waals surface area contributed by atoms with Crippen LogP contribution >= 0.6 is 0 Å². The first kappa shape index (κ1) is 15.4.